The Hall–Kier alpha value is -1.88. The Kier molecular flexibility index (Phi) is 3.94. The first kappa shape index (κ1) is 12.6. The molecule has 2 N–H and O–H groups in total. The topological polar surface area (TPSA) is 66.0 Å². The van der Waals surface area contributed by atoms with Crippen molar-refractivity contribution < 1.29 is 4.74 Å². The van der Waals surface area contributed by atoms with Gasteiger partial charge >= 0.3 is 6.01 Å². The van der Waals surface area contributed by atoms with Crippen LogP contribution in [0.5, 0.6) is 6.01 Å². The number of nitrogens with two attached hydrogens (primary N) is 1. The predicted molar refractivity (Wildman–Crippen MR) is 69.2 cm³/mol. The normalized spacial score (nSPS) is 12.4. The molecule has 0 aliphatic carbocycles. The van der Waals surface area contributed by atoms with Crippen molar-refractivity contribution in [1.29, 1.82) is 0 Å². The molecule has 1 aromatic carbocycles. The smallest absolute Gasteiger partial charge is 0.335 e. The maximum absolute atomic E-state index is 5.64. The molecule has 96 valence electrons. The van der Waals surface area contributed by atoms with E-state index in [1.54, 1.807) is 11.0 Å². The van der Waals surface area contributed by atoms with Crippen LogP contribution in [-0.4, -0.2) is 21.3 Å². The number of ether oxygens (including phenoxy) is 1. The van der Waals surface area contributed by atoms with E-state index in [9.17, 15) is 0 Å². The van der Waals surface area contributed by atoms with Gasteiger partial charge in [0.1, 0.15) is 12.9 Å². The second-order valence-corrected chi connectivity index (χ2v) is 4.37. The first-order chi connectivity index (χ1) is 8.69. The second-order valence-electron chi connectivity index (χ2n) is 4.37. The molecule has 0 aliphatic heterocycles. The molecule has 5 heteroatoms. The highest BCUT2D eigenvalue weighted by molar-refractivity contribution is 5.25. The molecule has 0 saturated carbocycles. The summed E-state index contributed by atoms with van der Waals surface area (Å²) in [6.45, 7) is 3.25. The van der Waals surface area contributed by atoms with Crippen molar-refractivity contribution in [1.82, 2.24) is 14.8 Å². The van der Waals surface area contributed by atoms with Gasteiger partial charge in [-0.2, -0.15) is 4.98 Å². The van der Waals surface area contributed by atoms with Crippen LogP contribution in [0, 0.1) is 0 Å². The van der Waals surface area contributed by atoms with E-state index in [4.69, 9.17) is 10.5 Å². The molecule has 5 nitrogen and oxygen atoms in total. The minimum absolute atomic E-state index is 0.387. The summed E-state index contributed by atoms with van der Waals surface area (Å²) in [4.78, 5) is 4.00. The second kappa shape index (κ2) is 5.64. The lowest BCUT2D eigenvalue weighted by Gasteiger charge is -2.09. The van der Waals surface area contributed by atoms with Gasteiger partial charge in [0.2, 0.25) is 0 Å². The van der Waals surface area contributed by atoms with Crippen molar-refractivity contribution in [2.45, 2.75) is 19.4 Å². The summed E-state index contributed by atoms with van der Waals surface area (Å²) in [6, 6.07) is 8.66. The summed E-state index contributed by atoms with van der Waals surface area (Å²) < 4.78 is 7.08. The molecule has 0 aliphatic rings. The number of aromatic nitrogens is 3. The van der Waals surface area contributed by atoms with Crippen molar-refractivity contribution in [2.24, 2.45) is 12.8 Å². The standard InChI is InChI=1S/C13H18N4O/c1-10(7-14)12-5-3-11(4-6-12)8-18-13-15-9-17(2)16-13/h3-6,9-10H,7-8,14H2,1-2H3. The van der Waals surface area contributed by atoms with Gasteiger partial charge in [0.05, 0.1) is 0 Å². The van der Waals surface area contributed by atoms with E-state index < -0.39 is 0 Å². The minimum Gasteiger partial charge on any atom is -0.458 e. The van der Waals surface area contributed by atoms with Gasteiger partial charge in [-0.25, -0.2) is 0 Å². The van der Waals surface area contributed by atoms with Crippen LogP contribution in [0.15, 0.2) is 30.6 Å². The molecular formula is C13H18N4O. The highest BCUT2D eigenvalue weighted by atomic mass is 16.5. The lowest BCUT2D eigenvalue weighted by atomic mass is 10.0. The third-order valence-corrected chi connectivity index (χ3v) is 2.85. The van der Waals surface area contributed by atoms with E-state index in [1.807, 2.05) is 19.2 Å². The first-order valence-corrected chi connectivity index (χ1v) is 5.96. The van der Waals surface area contributed by atoms with Gasteiger partial charge in [0.25, 0.3) is 0 Å². The van der Waals surface area contributed by atoms with E-state index in [0.717, 1.165) is 5.56 Å². The Morgan fingerprint density at radius 2 is 2.06 bits per heavy atom. The number of rotatable bonds is 5. The summed E-state index contributed by atoms with van der Waals surface area (Å²) >= 11 is 0. The summed E-state index contributed by atoms with van der Waals surface area (Å²) in [5, 5.41) is 4.05. The van der Waals surface area contributed by atoms with Crippen LogP contribution >= 0.6 is 0 Å². The Bertz CT molecular complexity index is 492. The number of benzene rings is 1. The maximum Gasteiger partial charge on any atom is 0.335 e. The van der Waals surface area contributed by atoms with Gasteiger partial charge in [0, 0.05) is 7.05 Å². The molecule has 2 rings (SSSR count). The Morgan fingerprint density at radius 3 is 2.61 bits per heavy atom. The number of hydrogen-bond acceptors (Lipinski definition) is 4. The molecular weight excluding hydrogens is 228 g/mol. The number of hydrogen-bond donors (Lipinski definition) is 1. The highest BCUT2D eigenvalue weighted by Gasteiger charge is 2.04. The van der Waals surface area contributed by atoms with Crippen molar-refractivity contribution in [3.05, 3.63) is 41.7 Å². The van der Waals surface area contributed by atoms with Crippen LogP contribution in [0.4, 0.5) is 0 Å². The van der Waals surface area contributed by atoms with Gasteiger partial charge in [-0.1, -0.05) is 31.2 Å². The largest absolute Gasteiger partial charge is 0.458 e. The first-order valence-electron chi connectivity index (χ1n) is 5.96. The fourth-order valence-electron chi connectivity index (χ4n) is 1.61. The maximum atomic E-state index is 5.64. The molecule has 1 unspecified atom stereocenters. The van der Waals surface area contributed by atoms with Crippen LogP contribution in [0.3, 0.4) is 0 Å². The van der Waals surface area contributed by atoms with E-state index in [2.05, 4.69) is 29.1 Å². The van der Waals surface area contributed by atoms with Crippen LogP contribution in [0.1, 0.15) is 24.0 Å². The van der Waals surface area contributed by atoms with E-state index in [-0.39, 0.29) is 0 Å². The quantitative estimate of drug-likeness (QED) is 0.867. The Labute approximate surface area is 107 Å². The van der Waals surface area contributed by atoms with Gasteiger partial charge in [-0.15, -0.1) is 5.10 Å². The fourth-order valence-corrected chi connectivity index (χ4v) is 1.61. The van der Waals surface area contributed by atoms with Crippen molar-refractivity contribution in [3.63, 3.8) is 0 Å². The Balaban J connectivity index is 1.94. The van der Waals surface area contributed by atoms with Gasteiger partial charge in [-0.3, -0.25) is 4.68 Å². The molecule has 0 spiro atoms. The van der Waals surface area contributed by atoms with E-state index >= 15 is 0 Å². The summed E-state index contributed by atoms with van der Waals surface area (Å²) in [5.41, 5.74) is 7.98. The third-order valence-electron chi connectivity index (χ3n) is 2.85. The summed E-state index contributed by atoms with van der Waals surface area (Å²) in [7, 11) is 1.81. The molecule has 0 saturated heterocycles. The van der Waals surface area contributed by atoms with Crippen molar-refractivity contribution in [2.75, 3.05) is 6.54 Å². The third kappa shape index (κ3) is 3.07. The summed E-state index contributed by atoms with van der Waals surface area (Å²) in [5.74, 6) is 0.387. The zero-order chi connectivity index (χ0) is 13.0. The molecule has 2 aromatic rings. The van der Waals surface area contributed by atoms with Gasteiger partial charge in [0.15, 0.2) is 0 Å². The van der Waals surface area contributed by atoms with Gasteiger partial charge < -0.3 is 10.5 Å². The van der Waals surface area contributed by atoms with Crippen molar-refractivity contribution >= 4 is 0 Å². The lowest BCUT2D eigenvalue weighted by Crippen LogP contribution is -2.08. The molecule has 0 radical (unpaired) electrons. The molecule has 1 atom stereocenters. The van der Waals surface area contributed by atoms with Crippen LogP contribution < -0.4 is 10.5 Å². The lowest BCUT2D eigenvalue weighted by molar-refractivity contribution is 0.280. The van der Waals surface area contributed by atoms with Crippen molar-refractivity contribution in [3.8, 4) is 6.01 Å². The molecule has 1 aromatic heterocycles. The highest BCUT2D eigenvalue weighted by Crippen LogP contribution is 2.15. The monoisotopic (exact) mass is 246 g/mol. The molecule has 18 heavy (non-hydrogen) atoms. The molecule has 0 amide bonds. The average Bonchev–Trinajstić information content (AvgIpc) is 2.82. The minimum atomic E-state index is 0.387. The van der Waals surface area contributed by atoms with Gasteiger partial charge in [-0.05, 0) is 23.6 Å². The Morgan fingerprint density at radius 1 is 1.33 bits per heavy atom. The predicted octanol–water partition coefficient (Wildman–Crippen LogP) is 1.46. The molecule has 1 heterocycles. The molecule has 0 fully saturated rings. The zero-order valence-corrected chi connectivity index (χ0v) is 10.7. The van der Waals surface area contributed by atoms with Crippen LogP contribution in [-0.2, 0) is 13.7 Å². The SMILES string of the molecule is CC(CN)c1ccc(COc2ncn(C)n2)cc1. The van der Waals surface area contributed by atoms with Crippen LogP contribution in [0.2, 0.25) is 0 Å². The van der Waals surface area contributed by atoms with E-state index in [1.165, 1.54) is 5.56 Å². The number of aryl methyl sites for hydroxylation is 1. The number of nitrogens with zero attached hydrogens (tertiary/aromatic N) is 3. The zero-order valence-electron chi connectivity index (χ0n) is 10.7. The van der Waals surface area contributed by atoms with E-state index in [0.29, 0.717) is 25.1 Å². The van der Waals surface area contributed by atoms with Crippen LogP contribution in [0.25, 0.3) is 0 Å². The average molecular weight is 246 g/mol. The fraction of sp³-hybridized carbons (Fsp3) is 0.385. The summed E-state index contributed by atoms with van der Waals surface area (Å²) in [6.07, 6.45) is 1.61. The molecule has 0 bridgehead atoms.